The van der Waals surface area contributed by atoms with Crippen LogP contribution in [0.3, 0.4) is 0 Å². The van der Waals surface area contributed by atoms with E-state index in [1.807, 2.05) is 0 Å². The summed E-state index contributed by atoms with van der Waals surface area (Å²) >= 11 is 0. The molecule has 3 fully saturated rings. The van der Waals surface area contributed by atoms with E-state index in [0.29, 0.717) is 11.9 Å². The van der Waals surface area contributed by atoms with Gasteiger partial charge in [-0.15, -0.1) is 10.2 Å². The SMILES string of the molecule is O=C(O)c1ccc(NC2C[C@@H]3CN(CC4CCOCC4)C[C@@H]3C2)nn1. The van der Waals surface area contributed by atoms with Gasteiger partial charge < -0.3 is 20.1 Å². The van der Waals surface area contributed by atoms with Gasteiger partial charge in [0, 0.05) is 38.9 Å². The van der Waals surface area contributed by atoms with E-state index in [2.05, 4.69) is 20.4 Å². The fourth-order valence-electron chi connectivity index (χ4n) is 4.69. The Morgan fingerprint density at radius 1 is 1.20 bits per heavy atom. The molecule has 7 heteroatoms. The van der Waals surface area contributed by atoms with Gasteiger partial charge in [0.25, 0.3) is 0 Å². The van der Waals surface area contributed by atoms with Crippen LogP contribution in [0.25, 0.3) is 0 Å². The summed E-state index contributed by atoms with van der Waals surface area (Å²) in [4.78, 5) is 13.5. The van der Waals surface area contributed by atoms with E-state index in [1.54, 1.807) is 6.07 Å². The molecule has 1 unspecified atom stereocenters. The van der Waals surface area contributed by atoms with E-state index in [9.17, 15) is 4.79 Å². The minimum Gasteiger partial charge on any atom is -0.476 e. The Labute approximate surface area is 147 Å². The second-order valence-corrected chi connectivity index (χ2v) is 7.72. The third-order valence-corrected chi connectivity index (χ3v) is 5.92. The first kappa shape index (κ1) is 16.7. The van der Waals surface area contributed by atoms with Gasteiger partial charge in [0.1, 0.15) is 5.82 Å². The van der Waals surface area contributed by atoms with Gasteiger partial charge >= 0.3 is 5.97 Å². The van der Waals surface area contributed by atoms with Crippen LogP contribution in [-0.2, 0) is 4.74 Å². The quantitative estimate of drug-likeness (QED) is 0.839. The summed E-state index contributed by atoms with van der Waals surface area (Å²) in [6.07, 6.45) is 4.75. The van der Waals surface area contributed by atoms with Crippen molar-refractivity contribution in [2.45, 2.75) is 31.7 Å². The number of fused-ring (bicyclic) bond motifs is 1. The lowest BCUT2D eigenvalue weighted by molar-refractivity contribution is 0.0545. The molecule has 1 aliphatic carbocycles. The first-order valence-corrected chi connectivity index (χ1v) is 9.31. The van der Waals surface area contributed by atoms with Crippen molar-refractivity contribution in [2.24, 2.45) is 17.8 Å². The highest BCUT2D eigenvalue weighted by Gasteiger charge is 2.41. The number of nitrogens with one attached hydrogen (secondary N) is 1. The Morgan fingerprint density at radius 3 is 2.52 bits per heavy atom. The summed E-state index contributed by atoms with van der Waals surface area (Å²) in [6, 6.07) is 3.63. The Morgan fingerprint density at radius 2 is 1.92 bits per heavy atom. The highest BCUT2D eigenvalue weighted by atomic mass is 16.5. The fraction of sp³-hybridized carbons (Fsp3) is 0.722. The van der Waals surface area contributed by atoms with Crippen LogP contribution in [0.1, 0.15) is 36.2 Å². The number of carboxylic acid groups (broad SMARTS) is 1. The number of hydrogen-bond donors (Lipinski definition) is 2. The highest BCUT2D eigenvalue weighted by Crippen LogP contribution is 2.39. The van der Waals surface area contributed by atoms with Crippen molar-refractivity contribution in [3.05, 3.63) is 17.8 Å². The monoisotopic (exact) mass is 346 g/mol. The molecule has 1 saturated carbocycles. The van der Waals surface area contributed by atoms with Crippen LogP contribution < -0.4 is 5.32 Å². The molecule has 4 rings (SSSR count). The molecule has 1 aromatic heterocycles. The van der Waals surface area contributed by atoms with Crippen molar-refractivity contribution in [1.82, 2.24) is 15.1 Å². The van der Waals surface area contributed by atoms with Crippen molar-refractivity contribution >= 4 is 11.8 Å². The smallest absolute Gasteiger partial charge is 0.356 e. The number of hydrogen-bond acceptors (Lipinski definition) is 6. The van der Waals surface area contributed by atoms with Crippen molar-refractivity contribution in [3.63, 3.8) is 0 Å². The third-order valence-electron chi connectivity index (χ3n) is 5.92. The summed E-state index contributed by atoms with van der Waals surface area (Å²) in [5.74, 6) is 1.98. The molecule has 0 aromatic carbocycles. The first-order valence-electron chi connectivity index (χ1n) is 9.31. The lowest BCUT2D eigenvalue weighted by Crippen LogP contribution is -2.32. The highest BCUT2D eigenvalue weighted by molar-refractivity contribution is 5.85. The van der Waals surface area contributed by atoms with Crippen LogP contribution in [0.15, 0.2) is 12.1 Å². The largest absolute Gasteiger partial charge is 0.476 e. The molecule has 136 valence electrons. The maximum absolute atomic E-state index is 10.8. The van der Waals surface area contributed by atoms with Crippen molar-refractivity contribution < 1.29 is 14.6 Å². The molecule has 3 atom stereocenters. The molecule has 0 radical (unpaired) electrons. The number of aromatic nitrogens is 2. The normalized spacial score (nSPS) is 30.3. The molecule has 25 heavy (non-hydrogen) atoms. The molecular formula is C18H26N4O3. The zero-order valence-electron chi connectivity index (χ0n) is 14.4. The zero-order valence-corrected chi connectivity index (χ0v) is 14.4. The average Bonchev–Trinajstić information content (AvgIpc) is 3.14. The summed E-state index contributed by atoms with van der Waals surface area (Å²) in [5.41, 5.74) is -0.0161. The maximum atomic E-state index is 10.8. The molecule has 0 bridgehead atoms. The molecule has 2 N–H and O–H groups in total. The van der Waals surface area contributed by atoms with Gasteiger partial charge in [0.15, 0.2) is 5.69 Å². The van der Waals surface area contributed by atoms with E-state index in [1.165, 1.54) is 38.5 Å². The van der Waals surface area contributed by atoms with Crippen LogP contribution in [0, 0.1) is 17.8 Å². The van der Waals surface area contributed by atoms with Crippen LogP contribution >= 0.6 is 0 Å². The van der Waals surface area contributed by atoms with Gasteiger partial charge in [0.2, 0.25) is 0 Å². The van der Waals surface area contributed by atoms with Crippen molar-refractivity contribution in [2.75, 3.05) is 38.2 Å². The van der Waals surface area contributed by atoms with Crippen LogP contribution in [0.2, 0.25) is 0 Å². The maximum Gasteiger partial charge on any atom is 0.356 e. The number of nitrogens with zero attached hydrogens (tertiary/aromatic N) is 3. The lowest BCUT2D eigenvalue weighted by atomic mass is 10.00. The number of ether oxygens (including phenoxy) is 1. The molecule has 0 spiro atoms. The van der Waals surface area contributed by atoms with Crippen LogP contribution in [-0.4, -0.2) is 65.1 Å². The Hall–Kier alpha value is -1.73. The van der Waals surface area contributed by atoms with E-state index in [4.69, 9.17) is 9.84 Å². The molecule has 2 aliphatic heterocycles. The van der Waals surface area contributed by atoms with Gasteiger partial charge in [-0.3, -0.25) is 0 Å². The van der Waals surface area contributed by atoms with Crippen LogP contribution in [0.5, 0.6) is 0 Å². The van der Waals surface area contributed by atoms with Gasteiger partial charge in [-0.05, 0) is 55.6 Å². The number of carbonyl (C=O) groups is 1. The molecule has 1 aromatic rings. The second kappa shape index (κ2) is 7.25. The summed E-state index contributed by atoms with van der Waals surface area (Å²) in [5, 5.41) is 20.0. The van der Waals surface area contributed by atoms with Crippen molar-refractivity contribution in [1.29, 1.82) is 0 Å². The minimum atomic E-state index is -1.04. The molecular weight excluding hydrogens is 320 g/mol. The van der Waals surface area contributed by atoms with Gasteiger partial charge in [0.05, 0.1) is 0 Å². The van der Waals surface area contributed by atoms with Crippen molar-refractivity contribution in [3.8, 4) is 0 Å². The Balaban J connectivity index is 1.25. The topological polar surface area (TPSA) is 87.6 Å². The Kier molecular flexibility index (Phi) is 4.85. The second-order valence-electron chi connectivity index (χ2n) is 7.72. The number of rotatable bonds is 5. The molecule has 2 saturated heterocycles. The third kappa shape index (κ3) is 3.93. The summed E-state index contributed by atoms with van der Waals surface area (Å²) in [7, 11) is 0. The van der Waals surface area contributed by atoms with E-state index >= 15 is 0 Å². The summed E-state index contributed by atoms with van der Waals surface area (Å²) < 4.78 is 5.46. The Bertz CT molecular complexity index is 589. The molecule has 3 aliphatic rings. The summed E-state index contributed by atoms with van der Waals surface area (Å²) in [6.45, 7) is 5.52. The number of aromatic carboxylic acids is 1. The van der Waals surface area contributed by atoms with Gasteiger partial charge in [-0.2, -0.15) is 0 Å². The predicted molar refractivity (Wildman–Crippen MR) is 92.6 cm³/mol. The van der Waals surface area contributed by atoms with Crippen LogP contribution in [0.4, 0.5) is 5.82 Å². The van der Waals surface area contributed by atoms with E-state index in [0.717, 1.165) is 43.8 Å². The number of carboxylic acids is 1. The van der Waals surface area contributed by atoms with Gasteiger partial charge in [-0.25, -0.2) is 4.79 Å². The first-order chi connectivity index (χ1) is 12.2. The predicted octanol–water partition coefficient (Wildman–Crippen LogP) is 1.72. The van der Waals surface area contributed by atoms with E-state index < -0.39 is 5.97 Å². The minimum absolute atomic E-state index is 0.0161. The molecule has 0 amide bonds. The lowest BCUT2D eigenvalue weighted by Gasteiger charge is -2.27. The molecule has 7 nitrogen and oxygen atoms in total. The van der Waals surface area contributed by atoms with Gasteiger partial charge in [-0.1, -0.05) is 0 Å². The fourth-order valence-corrected chi connectivity index (χ4v) is 4.69. The molecule has 3 heterocycles. The zero-order chi connectivity index (χ0) is 17.2. The average molecular weight is 346 g/mol. The van der Waals surface area contributed by atoms with E-state index in [-0.39, 0.29) is 5.69 Å². The standard InChI is InChI=1S/C18H26N4O3/c23-18(24)16-1-2-17(21-20-16)19-15-7-13-10-22(11-14(13)8-15)9-12-3-5-25-6-4-12/h1-2,12-15H,3-11H2,(H,19,21)(H,23,24)/t13-,14+,15?. The number of likely N-dealkylation sites (tertiary alicyclic amines) is 1. The number of anilines is 1.